The molecule has 0 aliphatic heterocycles. The van der Waals surface area contributed by atoms with E-state index in [1.165, 1.54) is 4.90 Å². The molecule has 2 rings (SSSR count). The van der Waals surface area contributed by atoms with E-state index in [1.54, 1.807) is 7.05 Å². The van der Waals surface area contributed by atoms with Crippen LogP contribution >= 0.6 is 0 Å². The van der Waals surface area contributed by atoms with Crippen molar-refractivity contribution in [3.63, 3.8) is 0 Å². The number of ether oxygens (including phenoxy) is 1. The fourth-order valence-corrected chi connectivity index (χ4v) is 3.63. The lowest BCUT2D eigenvalue weighted by Crippen LogP contribution is -2.35. The summed E-state index contributed by atoms with van der Waals surface area (Å²) in [5.74, 6) is 7.34. The molecule has 5 nitrogen and oxygen atoms in total. The monoisotopic (exact) mass is 440 g/mol. The molecule has 0 unspecified atom stereocenters. The summed E-state index contributed by atoms with van der Waals surface area (Å²) >= 11 is 0. The van der Waals surface area contributed by atoms with Crippen molar-refractivity contribution in [2.24, 2.45) is 11.8 Å². The van der Waals surface area contributed by atoms with Gasteiger partial charge in [-0.05, 0) is 62.4 Å². The van der Waals surface area contributed by atoms with Gasteiger partial charge in [0.25, 0.3) is 0 Å². The minimum atomic E-state index is -4.42. The standard InChI is InChI=1S/C23H31F3N2O3/c1-3-28(15-16-29)14-4-5-18-6-8-19(9-7-18)17-27(2)22(30)31-21-12-10-20(11-13-21)23(24,25)26/h10-13,18-19,29H,3,6-9,14-17H2,1-2H3. The maximum absolute atomic E-state index is 12.6. The Morgan fingerprint density at radius 3 is 2.39 bits per heavy atom. The Kier molecular flexibility index (Phi) is 9.66. The van der Waals surface area contributed by atoms with Gasteiger partial charge in [-0.2, -0.15) is 13.2 Å². The lowest BCUT2D eigenvalue weighted by molar-refractivity contribution is -0.137. The van der Waals surface area contributed by atoms with Crippen molar-refractivity contribution in [1.29, 1.82) is 0 Å². The molecule has 0 atom stereocenters. The number of benzene rings is 1. The second kappa shape index (κ2) is 12.0. The molecule has 1 fully saturated rings. The highest BCUT2D eigenvalue weighted by Gasteiger charge is 2.30. The molecule has 1 aliphatic carbocycles. The van der Waals surface area contributed by atoms with Gasteiger partial charge in [0, 0.05) is 26.1 Å². The number of alkyl halides is 3. The Balaban J connectivity index is 1.74. The normalized spacial score (nSPS) is 18.9. The minimum absolute atomic E-state index is 0.0890. The van der Waals surface area contributed by atoms with Crippen molar-refractivity contribution in [1.82, 2.24) is 9.80 Å². The summed E-state index contributed by atoms with van der Waals surface area (Å²) in [5, 5.41) is 9.01. The Hall–Kier alpha value is -2.24. The molecule has 1 aliphatic rings. The van der Waals surface area contributed by atoms with Crippen LogP contribution in [0.5, 0.6) is 5.75 Å². The van der Waals surface area contributed by atoms with Gasteiger partial charge in [0.15, 0.2) is 0 Å². The molecule has 1 N–H and O–H groups in total. The van der Waals surface area contributed by atoms with Gasteiger partial charge in [-0.25, -0.2) is 4.79 Å². The number of rotatable bonds is 7. The first-order valence-corrected chi connectivity index (χ1v) is 10.6. The van der Waals surface area contributed by atoms with E-state index >= 15 is 0 Å². The average Bonchev–Trinajstić information content (AvgIpc) is 2.74. The third-order valence-corrected chi connectivity index (χ3v) is 5.55. The maximum Gasteiger partial charge on any atom is 0.416 e. The summed E-state index contributed by atoms with van der Waals surface area (Å²) in [6.45, 7) is 4.87. The first-order valence-electron chi connectivity index (χ1n) is 10.6. The van der Waals surface area contributed by atoms with Crippen LogP contribution in [0.2, 0.25) is 0 Å². The van der Waals surface area contributed by atoms with Gasteiger partial charge in [0.1, 0.15) is 5.75 Å². The van der Waals surface area contributed by atoms with E-state index in [1.807, 2.05) is 6.92 Å². The third kappa shape index (κ3) is 8.42. The molecule has 0 saturated heterocycles. The number of hydrogen-bond donors (Lipinski definition) is 1. The lowest BCUT2D eigenvalue weighted by atomic mass is 9.82. The summed E-state index contributed by atoms with van der Waals surface area (Å²) < 4.78 is 43.0. The first-order chi connectivity index (χ1) is 14.7. The molecule has 0 spiro atoms. The molecule has 0 aromatic heterocycles. The van der Waals surface area contributed by atoms with Crippen molar-refractivity contribution in [2.75, 3.05) is 39.8 Å². The van der Waals surface area contributed by atoms with E-state index in [0.717, 1.165) is 56.5 Å². The number of halogens is 3. The van der Waals surface area contributed by atoms with Gasteiger partial charge in [-0.3, -0.25) is 4.90 Å². The highest BCUT2D eigenvalue weighted by Crippen LogP contribution is 2.31. The van der Waals surface area contributed by atoms with Gasteiger partial charge in [0.05, 0.1) is 18.7 Å². The fraction of sp³-hybridized carbons (Fsp3) is 0.609. The Labute approximate surface area is 182 Å². The molecular weight excluding hydrogens is 409 g/mol. The van der Waals surface area contributed by atoms with Gasteiger partial charge >= 0.3 is 12.3 Å². The van der Waals surface area contributed by atoms with E-state index < -0.39 is 17.8 Å². The molecular formula is C23H31F3N2O3. The highest BCUT2D eigenvalue weighted by molar-refractivity contribution is 5.70. The number of aliphatic hydroxyl groups excluding tert-OH is 1. The minimum Gasteiger partial charge on any atom is -0.410 e. The van der Waals surface area contributed by atoms with E-state index in [9.17, 15) is 18.0 Å². The summed E-state index contributed by atoms with van der Waals surface area (Å²) in [6.07, 6.45) is -1.11. The van der Waals surface area contributed by atoms with E-state index in [2.05, 4.69) is 16.7 Å². The predicted molar refractivity (Wildman–Crippen MR) is 113 cm³/mol. The maximum atomic E-state index is 12.6. The van der Waals surface area contributed by atoms with Crippen LogP contribution in [0.25, 0.3) is 0 Å². The third-order valence-electron chi connectivity index (χ3n) is 5.55. The molecule has 0 heterocycles. The molecule has 31 heavy (non-hydrogen) atoms. The van der Waals surface area contributed by atoms with Crippen LogP contribution in [0.4, 0.5) is 18.0 Å². The number of carbonyl (C=O) groups excluding carboxylic acids is 1. The van der Waals surface area contributed by atoms with Crippen molar-refractivity contribution in [3.8, 4) is 17.6 Å². The van der Waals surface area contributed by atoms with Gasteiger partial charge in [-0.1, -0.05) is 18.8 Å². The number of hydrogen-bond acceptors (Lipinski definition) is 4. The van der Waals surface area contributed by atoms with Crippen LogP contribution < -0.4 is 4.74 Å². The summed E-state index contributed by atoms with van der Waals surface area (Å²) in [5.41, 5.74) is -0.781. The predicted octanol–water partition coefficient (Wildman–Crippen LogP) is 4.26. The van der Waals surface area contributed by atoms with Crippen LogP contribution in [0.1, 0.15) is 38.2 Å². The van der Waals surface area contributed by atoms with Crippen molar-refractivity contribution in [3.05, 3.63) is 29.8 Å². The molecule has 0 radical (unpaired) electrons. The van der Waals surface area contributed by atoms with Gasteiger partial charge in [0.2, 0.25) is 0 Å². The van der Waals surface area contributed by atoms with Crippen LogP contribution in [0, 0.1) is 23.7 Å². The van der Waals surface area contributed by atoms with Crippen molar-refractivity contribution < 1.29 is 27.8 Å². The number of nitrogens with zero attached hydrogens (tertiary/aromatic N) is 2. The molecule has 172 valence electrons. The average molecular weight is 441 g/mol. The molecule has 1 amide bonds. The second-order valence-corrected chi connectivity index (χ2v) is 7.90. The largest absolute Gasteiger partial charge is 0.416 e. The zero-order valence-corrected chi connectivity index (χ0v) is 18.1. The second-order valence-electron chi connectivity index (χ2n) is 7.90. The SMILES string of the molecule is CCN(CC#CC1CCC(CN(C)C(=O)Oc2ccc(C(F)(F)F)cc2)CC1)CCO. The molecule has 1 saturated carbocycles. The summed E-state index contributed by atoms with van der Waals surface area (Å²) in [4.78, 5) is 15.8. The topological polar surface area (TPSA) is 53.0 Å². The van der Waals surface area contributed by atoms with Gasteiger partial charge in [-0.15, -0.1) is 0 Å². The molecule has 1 aromatic rings. The zero-order chi connectivity index (χ0) is 22.9. The van der Waals surface area contributed by atoms with Crippen LogP contribution in [0.15, 0.2) is 24.3 Å². The number of likely N-dealkylation sites (N-methyl/N-ethyl adjacent to an activating group) is 1. The Morgan fingerprint density at radius 1 is 1.19 bits per heavy atom. The number of aliphatic hydroxyl groups is 1. The van der Waals surface area contributed by atoms with Crippen LogP contribution in [0.3, 0.4) is 0 Å². The van der Waals surface area contributed by atoms with E-state index in [4.69, 9.17) is 9.84 Å². The van der Waals surface area contributed by atoms with Gasteiger partial charge < -0.3 is 14.7 Å². The van der Waals surface area contributed by atoms with Crippen molar-refractivity contribution >= 4 is 6.09 Å². The molecule has 1 aromatic carbocycles. The lowest BCUT2D eigenvalue weighted by Gasteiger charge is -2.29. The quantitative estimate of drug-likeness (QED) is 0.644. The fourth-order valence-electron chi connectivity index (χ4n) is 3.63. The van der Waals surface area contributed by atoms with E-state index in [0.29, 0.717) is 31.5 Å². The van der Waals surface area contributed by atoms with Crippen molar-refractivity contribution in [2.45, 2.75) is 38.8 Å². The molecule has 0 bridgehead atoms. The summed E-state index contributed by atoms with van der Waals surface area (Å²) in [6, 6.07) is 4.10. The summed E-state index contributed by atoms with van der Waals surface area (Å²) in [7, 11) is 1.64. The molecule has 8 heteroatoms. The smallest absolute Gasteiger partial charge is 0.410 e. The first kappa shape index (κ1) is 25.0. The van der Waals surface area contributed by atoms with Crippen LogP contribution in [-0.2, 0) is 6.18 Å². The Morgan fingerprint density at radius 2 is 1.84 bits per heavy atom. The zero-order valence-electron chi connectivity index (χ0n) is 18.1. The van der Waals surface area contributed by atoms with Crippen LogP contribution in [-0.4, -0.2) is 60.8 Å². The number of carbonyl (C=O) groups is 1. The highest BCUT2D eigenvalue weighted by atomic mass is 19.4. The van der Waals surface area contributed by atoms with E-state index in [-0.39, 0.29) is 12.4 Å². The number of amides is 1. The Bertz CT molecular complexity index is 748.